The van der Waals surface area contributed by atoms with Crippen molar-refractivity contribution >= 4 is 0 Å². The van der Waals surface area contributed by atoms with Crippen LogP contribution in [0.15, 0.2) is 21.5 Å². The van der Waals surface area contributed by atoms with E-state index < -0.39 is 0 Å². The molecule has 2 heterocycles. The number of hydrogen-bond donors (Lipinski definition) is 1. The van der Waals surface area contributed by atoms with Crippen LogP contribution in [-0.2, 0) is 0 Å². The van der Waals surface area contributed by atoms with E-state index in [0.717, 1.165) is 25.9 Å². The highest BCUT2D eigenvalue weighted by molar-refractivity contribution is 5.23. The molecule has 1 aromatic rings. The van der Waals surface area contributed by atoms with Gasteiger partial charge in [-0.2, -0.15) is 0 Å². The molecule has 1 aliphatic rings. The summed E-state index contributed by atoms with van der Waals surface area (Å²) in [4.78, 5) is 11.5. The number of piperidine rings is 1. The third-order valence-corrected chi connectivity index (χ3v) is 2.93. The van der Waals surface area contributed by atoms with Crippen molar-refractivity contribution in [2.45, 2.75) is 19.8 Å². The van der Waals surface area contributed by atoms with Crippen LogP contribution in [0.1, 0.15) is 18.6 Å². The van der Waals surface area contributed by atoms with E-state index in [0.29, 0.717) is 24.0 Å². The topological polar surface area (TPSA) is 51.5 Å². The van der Waals surface area contributed by atoms with Crippen molar-refractivity contribution in [2.24, 2.45) is 5.92 Å². The van der Waals surface area contributed by atoms with Crippen LogP contribution in [-0.4, -0.2) is 19.7 Å². The molecule has 0 radical (unpaired) electrons. The summed E-state index contributed by atoms with van der Waals surface area (Å²) in [6.45, 7) is 4.43. The maximum atomic E-state index is 11.5. The predicted octanol–water partition coefficient (Wildman–Crippen LogP) is 1.33. The van der Waals surface area contributed by atoms with Crippen molar-refractivity contribution in [1.29, 1.82) is 0 Å². The molecule has 0 amide bonds. The minimum Gasteiger partial charge on any atom is -0.486 e. The van der Waals surface area contributed by atoms with Gasteiger partial charge in [0.15, 0.2) is 0 Å². The van der Waals surface area contributed by atoms with Crippen molar-refractivity contribution in [3.8, 4) is 5.75 Å². The summed E-state index contributed by atoms with van der Waals surface area (Å²) < 4.78 is 10.7. The number of ether oxygens (including phenoxy) is 1. The molecular formula is C12H17NO3. The summed E-state index contributed by atoms with van der Waals surface area (Å²) in [6.07, 6.45) is 3.61. The van der Waals surface area contributed by atoms with Gasteiger partial charge in [0.1, 0.15) is 5.76 Å². The van der Waals surface area contributed by atoms with E-state index in [2.05, 4.69) is 5.32 Å². The zero-order valence-electron chi connectivity index (χ0n) is 9.49. The summed E-state index contributed by atoms with van der Waals surface area (Å²) in [5.74, 6) is 1.46. The van der Waals surface area contributed by atoms with Gasteiger partial charge in [0.25, 0.3) is 0 Å². The fraction of sp³-hybridized carbons (Fsp3) is 0.583. The Morgan fingerprint density at radius 1 is 1.50 bits per heavy atom. The molecular weight excluding hydrogens is 206 g/mol. The van der Waals surface area contributed by atoms with Gasteiger partial charge >= 0.3 is 0 Å². The van der Waals surface area contributed by atoms with Crippen LogP contribution in [0, 0.1) is 12.8 Å². The van der Waals surface area contributed by atoms with Gasteiger partial charge in [-0.05, 0) is 38.8 Å². The molecule has 0 unspecified atom stereocenters. The summed E-state index contributed by atoms with van der Waals surface area (Å²) in [5.41, 5.74) is -0.0994. The molecule has 1 aromatic heterocycles. The first-order valence-corrected chi connectivity index (χ1v) is 5.69. The van der Waals surface area contributed by atoms with Gasteiger partial charge in [-0.1, -0.05) is 0 Å². The molecule has 0 aromatic carbocycles. The minimum absolute atomic E-state index is 0.0994. The number of hydrogen-bond acceptors (Lipinski definition) is 4. The predicted molar refractivity (Wildman–Crippen MR) is 60.8 cm³/mol. The van der Waals surface area contributed by atoms with Crippen LogP contribution in [0.3, 0.4) is 0 Å². The van der Waals surface area contributed by atoms with Crippen molar-refractivity contribution < 1.29 is 9.15 Å². The van der Waals surface area contributed by atoms with Crippen LogP contribution in [0.2, 0.25) is 0 Å². The Balaban J connectivity index is 1.96. The largest absolute Gasteiger partial charge is 0.486 e. The van der Waals surface area contributed by atoms with Gasteiger partial charge in [-0.25, -0.2) is 0 Å². The van der Waals surface area contributed by atoms with Crippen LogP contribution in [0.25, 0.3) is 0 Å². The lowest BCUT2D eigenvalue weighted by Gasteiger charge is -2.22. The second-order valence-corrected chi connectivity index (χ2v) is 4.17. The average Bonchev–Trinajstić information content (AvgIpc) is 2.30. The quantitative estimate of drug-likeness (QED) is 0.839. The second kappa shape index (κ2) is 5.16. The molecule has 1 N–H and O–H groups in total. The monoisotopic (exact) mass is 223 g/mol. The summed E-state index contributed by atoms with van der Waals surface area (Å²) in [7, 11) is 0. The fourth-order valence-corrected chi connectivity index (χ4v) is 1.92. The SMILES string of the molecule is Cc1occc(=O)c1OCC1CCNCC1. The Hall–Kier alpha value is -1.29. The molecule has 4 nitrogen and oxygen atoms in total. The molecule has 16 heavy (non-hydrogen) atoms. The van der Waals surface area contributed by atoms with Crippen LogP contribution in [0.5, 0.6) is 5.75 Å². The lowest BCUT2D eigenvalue weighted by molar-refractivity contribution is 0.207. The van der Waals surface area contributed by atoms with Crippen molar-refractivity contribution in [2.75, 3.05) is 19.7 Å². The van der Waals surface area contributed by atoms with Crippen molar-refractivity contribution in [3.05, 3.63) is 28.3 Å². The molecule has 4 heteroatoms. The van der Waals surface area contributed by atoms with E-state index in [1.54, 1.807) is 6.92 Å². The Kier molecular flexibility index (Phi) is 3.62. The van der Waals surface area contributed by atoms with E-state index in [-0.39, 0.29) is 5.43 Å². The maximum absolute atomic E-state index is 11.5. The smallest absolute Gasteiger partial charge is 0.226 e. The molecule has 88 valence electrons. The molecule has 0 atom stereocenters. The molecule has 0 saturated carbocycles. The Morgan fingerprint density at radius 2 is 2.25 bits per heavy atom. The summed E-state index contributed by atoms with van der Waals surface area (Å²) >= 11 is 0. The van der Waals surface area contributed by atoms with E-state index in [9.17, 15) is 4.79 Å². The zero-order valence-corrected chi connectivity index (χ0v) is 9.49. The van der Waals surface area contributed by atoms with Gasteiger partial charge < -0.3 is 14.5 Å². The molecule has 0 aliphatic carbocycles. The molecule has 2 rings (SSSR count). The third kappa shape index (κ3) is 2.64. The van der Waals surface area contributed by atoms with Gasteiger partial charge in [0, 0.05) is 6.07 Å². The molecule has 1 aliphatic heterocycles. The molecule has 1 saturated heterocycles. The van der Waals surface area contributed by atoms with Gasteiger partial charge in [0.05, 0.1) is 12.9 Å². The van der Waals surface area contributed by atoms with E-state index in [1.807, 2.05) is 0 Å². The minimum atomic E-state index is -0.0994. The summed E-state index contributed by atoms with van der Waals surface area (Å²) in [5, 5.41) is 3.30. The first kappa shape index (κ1) is 11.2. The standard InChI is InChI=1S/C12H17NO3/c1-9-12(11(14)4-7-15-9)16-8-10-2-5-13-6-3-10/h4,7,10,13H,2-3,5-6,8H2,1H3. The Bertz CT molecular complexity index is 393. The lowest BCUT2D eigenvalue weighted by atomic mass is 9.99. The maximum Gasteiger partial charge on any atom is 0.226 e. The Morgan fingerprint density at radius 3 is 2.94 bits per heavy atom. The van der Waals surface area contributed by atoms with Crippen molar-refractivity contribution in [1.82, 2.24) is 5.32 Å². The highest BCUT2D eigenvalue weighted by atomic mass is 16.5. The number of nitrogens with one attached hydrogen (secondary N) is 1. The van der Waals surface area contributed by atoms with Crippen LogP contribution >= 0.6 is 0 Å². The zero-order chi connectivity index (χ0) is 11.4. The number of aryl methyl sites for hydroxylation is 1. The highest BCUT2D eigenvalue weighted by Crippen LogP contribution is 2.16. The van der Waals surface area contributed by atoms with E-state index >= 15 is 0 Å². The molecule has 1 fully saturated rings. The number of rotatable bonds is 3. The normalized spacial score (nSPS) is 17.3. The Labute approximate surface area is 94.6 Å². The first-order chi connectivity index (χ1) is 7.77. The summed E-state index contributed by atoms with van der Waals surface area (Å²) in [6, 6.07) is 1.39. The molecule has 0 bridgehead atoms. The van der Waals surface area contributed by atoms with Crippen LogP contribution in [0.4, 0.5) is 0 Å². The van der Waals surface area contributed by atoms with E-state index in [1.165, 1.54) is 12.3 Å². The van der Waals surface area contributed by atoms with Gasteiger partial charge in [-0.3, -0.25) is 4.79 Å². The third-order valence-electron chi connectivity index (χ3n) is 2.93. The molecule has 0 spiro atoms. The first-order valence-electron chi connectivity index (χ1n) is 5.69. The average molecular weight is 223 g/mol. The van der Waals surface area contributed by atoms with Gasteiger partial charge in [-0.15, -0.1) is 0 Å². The lowest BCUT2D eigenvalue weighted by Crippen LogP contribution is -2.31. The second-order valence-electron chi connectivity index (χ2n) is 4.17. The highest BCUT2D eigenvalue weighted by Gasteiger charge is 2.15. The van der Waals surface area contributed by atoms with Gasteiger partial charge in [0.2, 0.25) is 11.2 Å². The fourth-order valence-electron chi connectivity index (χ4n) is 1.92. The van der Waals surface area contributed by atoms with Crippen molar-refractivity contribution in [3.63, 3.8) is 0 Å². The van der Waals surface area contributed by atoms with E-state index in [4.69, 9.17) is 9.15 Å². The van der Waals surface area contributed by atoms with Crippen LogP contribution < -0.4 is 15.5 Å².